The Kier molecular flexibility index (Phi) is 4.56. The fraction of sp³-hybridized carbons (Fsp3) is 0.150. The summed E-state index contributed by atoms with van der Waals surface area (Å²) in [5.41, 5.74) is 3.96. The molecule has 0 fully saturated rings. The van der Waals surface area contributed by atoms with Crippen molar-refractivity contribution in [3.63, 3.8) is 0 Å². The van der Waals surface area contributed by atoms with Gasteiger partial charge >= 0.3 is 0 Å². The van der Waals surface area contributed by atoms with Crippen LogP contribution in [-0.2, 0) is 0 Å². The first kappa shape index (κ1) is 18.5. The average molecular weight is 414 g/mol. The number of benzene rings is 1. The highest BCUT2D eigenvalue weighted by Gasteiger charge is 2.12. The van der Waals surface area contributed by atoms with Crippen molar-refractivity contribution >= 4 is 34.0 Å². The predicted octanol–water partition coefficient (Wildman–Crippen LogP) is 3.35. The van der Waals surface area contributed by atoms with Crippen LogP contribution in [0.4, 0.5) is 0 Å². The number of hydrogen-bond acceptors (Lipinski definition) is 6. The number of aromatic nitrogens is 3. The molecule has 4 aromatic rings. The molecule has 3 heterocycles. The monoisotopic (exact) mass is 413 g/mol. The number of phenols is 1. The smallest absolute Gasteiger partial charge is 0.274 e. The quantitative estimate of drug-likeness (QED) is 0.557. The highest BCUT2D eigenvalue weighted by molar-refractivity contribution is 7.15. The zero-order valence-corrected chi connectivity index (χ0v) is 16.9. The van der Waals surface area contributed by atoms with Crippen molar-refractivity contribution in [3.8, 4) is 22.8 Å². The second-order valence-electron chi connectivity index (χ2n) is 6.39. The third-order valence-corrected chi connectivity index (χ3v) is 5.52. The average Bonchev–Trinajstić information content (AvgIpc) is 3.17. The first-order valence-electron chi connectivity index (χ1n) is 8.41. The summed E-state index contributed by atoms with van der Waals surface area (Å²) in [4.78, 5) is 22.4. The minimum atomic E-state index is -0.163. The minimum absolute atomic E-state index is 0.128. The van der Waals surface area contributed by atoms with E-state index in [-0.39, 0.29) is 22.1 Å². The van der Waals surface area contributed by atoms with Crippen LogP contribution >= 0.6 is 22.9 Å². The van der Waals surface area contributed by atoms with E-state index < -0.39 is 0 Å². The van der Waals surface area contributed by atoms with E-state index in [1.165, 1.54) is 22.8 Å². The normalized spacial score (nSPS) is 12.1. The molecule has 3 aromatic heterocycles. The summed E-state index contributed by atoms with van der Waals surface area (Å²) in [7, 11) is 1.44. The summed E-state index contributed by atoms with van der Waals surface area (Å²) in [6.07, 6.45) is 3.44. The van der Waals surface area contributed by atoms with E-state index in [1.54, 1.807) is 24.4 Å². The van der Waals surface area contributed by atoms with Gasteiger partial charge in [0, 0.05) is 23.1 Å². The topological polar surface area (TPSA) is 76.7 Å². The van der Waals surface area contributed by atoms with Crippen LogP contribution in [-0.4, -0.2) is 26.6 Å². The molecule has 0 spiro atoms. The molecule has 0 unspecified atom stereocenters. The molecule has 1 N–H and O–H groups in total. The number of aryl methyl sites for hydroxylation is 2. The van der Waals surface area contributed by atoms with Crippen LogP contribution in [0.5, 0.6) is 11.5 Å². The fourth-order valence-corrected chi connectivity index (χ4v) is 4.21. The van der Waals surface area contributed by atoms with Crippen molar-refractivity contribution in [1.82, 2.24) is 14.4 Å². The lowest BCUT2D eigenvalue weighted by atomic mass is 10.1. The van der Waals surface area contributed by atoms with Gasteiger partial charge < -0.3 is 9.84 Å². The molecule has 0 aliphatic rings. The van der Waals surface area contributed by atoms with Gasteiger partial charge in [-0.05, 0) is 49.8 Å². The van der Waals surface area contributed by atoms with Crippen LogP contribution in [0, 0.1) is 13.8 Å². The summed E-state index contributed by atoms with van der Waals surface area (Å²) in [6, 6.07) is 7.09. The molecule has 0 bridgehead atoms. The van der Waals surface area contributed by atoms with Crippen molar-refractivity contribution in [1.29, 1.82) is 0 Å². The Balaban J connectivity index is 1.82. The van der Waals surface area contributed by atoms with Crippen molar-refractivity contribution in [2.45, 2.75) is 13.8 Å². The number of hydrogen-bond donors (Lipinski definition) is 1. The highest BCUT2D eigenvalue weighted by atomic mass is 35.5. The molecule has 0 saturated carbocycles. The maximum absolute atomic E-state index is 12.8. The van der Waals surface area contributed by atoms with Gasteiger partial charge in [0.15, 0.2) is 16.5 Å². The van der Waals surface area contributed by atoms with Crippen molar-refractivity contribution < 1.29 is 9.84 Å². The number of thiazole rings is 1. The zero-order chi connectivity index (χ0) is 20.0. The van der Waals surface area contributed by atoms with Crippen LogP contribution in [0.1, 0.15) is 17.0 Å². The summed E-state index contributed by atoms with van der Waals surface area (Å²) in [5, 5.41) is 10.0. The van der Waals surface area contributed by atoms with Crippen molar-refractivity contribution in [2.24, 2.45) is 0 Å². The number of pyridine rings is 1. The van der Waals surface area contributed by atoms with E-state index in [4.69, 9.17) is 16.3 Å². The Morgan fingerprint density at radius 1 is 1.18 bits per heavy atom. The molecule has 28 heavy (non-hydrogen) atoms. The van der Waals surface area contributed by atoms with Gasteiger partial charge in [-0.2, -0.15) is 0 Å². The minimum Gasteiger partial charge on any atom is -0.503 e. The summed E-state index contributed by atoms with van der Waals surface area (Å²) in [6.45, 7) is 3.86. The second kappa shape index (κ2) is 6.92. The van der Waals surface area contributed by atoms with Crippen LogP contribution in [0.25, 0.3) is 22.3 Å². The number of imidazole rings is 1. The predicted molar refractivity (Wildman–Crippen MR) is 110 cm³/mol. The number of aromatic hydroxyl groups is 1. The first-order valence-corrected chi connectivity index (χ1v) is 9.61. The summed E-state index contributed by atoms with van der Waals surface area (Å²) in [5.74, 6) is 0.121. The molecule has 0 aliphatic heterocycles. The Hall–Kier alpha value is -2.90. The van der Waals surface area contributed by atoms with E-state index in [0.717, 1.165) is 22.6 Å². The highest BCUT2D eigenvalue weighted by Crippen LogP contribution is 2.35. The van der Waals surface area contributed by atoms with Crippen LogP contribution in [0.3, 0.4) is 0 Å². The molecule has 6 nitrogen and oxygen atoms in total. The number of methoxy groups -OCH3 is 1. The third kappa shape index (κ3) is 3.23. The molecule has 142 valence electrons. The van der Waals surface area contributed by atoms with Gasteiger partial charge in [-0.1, -0.05) is 22.9 Å². The van der Waals surface area contributed by atoms with E-state index >= 15 is 0 Å². The molecule has 0 aliphatic carbocycles. The van der Waals surface area contributed by atoms with Gasteiger partial charge in [0.25, 0.3) is 5.56 Å². The number of rotatable bonds is 3. The van der Waals surface area contributed by atoms with E-state index in [9.17, 15) is 9.90 Å². The molecule has 0 radical (unpaired) electrons. The maximum Gasteiger partial charge on any atom is 0.274 e. The van der Waals surface area contributed by atoms with Gasteiger partial charge in [-0.15, -0.1) is 0 Å². The molecule has 4 rings (SSSR count). The Bertz CT molecular complexity index is 1310. The number of phenolic OH excluding ortho intramolecular Hbond substituents is 1. The lowest BCUT2D eigenvalue weighted by Crippen LogP contribution is -2.22. The zero-order valence-electron chi connectivity index (χ0n) is 15.4. The van der Waals surface area contributed by atoms with Crippen molar-refractivity contribution in [2.75, 3.05) is 7.11 Å². The van der Waals surface area contributed by atoms with Crippen molar-refractivity contribution in [3.05, 3.63) is 67.3 Å². The number of nitrogens with zero attached hydrogens (tertiary/aromatic N) is 3. The lowest BCUT2D eigenvalue weighted by Gasteiger charge is -2.05. The molecule has 0 atom stereocenters. The summed E-state index contributed by atoms with van der Waals surface area (Å²) < 4.78 is 7.16. The Morgan fingerprint density at radius 3 is 2.54 bits per heavy atom. The van der Waals surface area contributed by atoms with E-state index in [1.807, 2.05) is 26.0 Å². The lowest BCUT2D eigenvalue weighted by molar-refractivity contribution is 0.373. The van der Waals surface area contributed by atoms with Crippen LogP contribution in [0.2, 0.25) is 5.02 Å². The second-order valence-corrected chi connectivity index (χ2v) is 7.80. The van der Waals surface area contributed by atoms with Gasteiger partial charge in [0.05, 0.1) is 22.4 Å². The molecular formula is C20H16ClN3O3S. The van der Waals surface area contributed by atoms with Gasteiger partial charge in [0.1, 0.15) is 0 Å². The van der Waals surface area contributed by atoms with Gasteiger partial charge in [-0.25, -0.2) is 4.98 Å². The number of fused-ring (bicyclic) bond motifs is 1. The largest absolute Gasteiger partial charge is 0.503 e. The molecular weight excluding hydrogens is 398 g/mol. The SMILES string of the molecule is COc1cc(C=c2sc3nc(-c4cc(C)nc(C)c4)cn3c2=O)cc(Cl)c1O. The van der Waals surface area contributed by atoms with Crippen LogP contribution in [0.15, 0.2) is 35.3 Å². The standard InChI is InChI=1S/C20H16ClN3O3S/c1-10-4-13(5-11(2)22-10)15-9-24-19(26)17(28-20(24)23-15)8-12-6-14(21)18(25)16(7-12)27-3/h4-9,25H,1-3H3. The summed E-state index contributed by atoms with van der Waals surface area (Å²) >= 11 is 7.32. The maximum atomic E-state index is 12.8. The number of ether oxygens (including phenoxy) is 1. The Labute approximate surface area is 169 Å². The van der Waals surface area contributed by atoms with E-state index in [0.29, 0.717) is 15.1 Å². The van der Waals surface area contributed by atoms with Crippen LogP contribution < -0.4 is 14.8 Å². The number of halogens is 1. The molecule has 1 aromatic carbocycles. The van der Waals surface area contributed by atoms with Gasteiger partial charge in [0.2, 0.25) is 0 Å². The Morgan fingerprint density at radius 2 is 1.89 bits per heavy atom. The first-order chi connectivity index (χ1) is 13.4. The molecule has 8 heteroatoms. The third-order valence-electron chi connectivity index (χ3n) is 4.25. The van der Waals surface area contributed by atoms with Gasteiger partial charge in [-0.3, -0.25) is 14.2 Å². The van der Waals surface area contributed by atoms with E-state index in [2.05, 4.69) is 9.97 Å². The fourth-order valence-electron chi connectivity index (χ4n) is 3.04. The molecule has 0 amide bonds. The molecule has 0 saturated heterocycles.